The van der Waals surface area contributed by atoms with Crippen LogP contribution in [0.15, 0.2) is 66.2 Å². The molecule has 0 heterocycles. The summed E-state index contributed by atoms with van der Waals surface area (Å²) in [6, 6.07) is 20.5. The van der Waals surface area contributed by atoms with Crippen LogP contribution in [0, 0.1) is 39.5 Å². The van der Waals surface area contributed by atoms with Crippen molar-refractivity contribution in [1.82, 2.24) is 0 Å². The molecule has 0 aliphatic heterocycles. The van der Waals surface area contributed by atoms with Crippen LogP contribution in [0.1, 0.15) is 25.0 Å². The van der Waals surface area contributed by atoms with Crippen molar-refractivity contribution >= 4 is 17.5 Å². The summed E-state index contributed by atoms with van der Waals surface area (Å²) >= 11 is 0. The second-order valence-electron chi connectivity index (χ2n) is 5.88. The SMILES string of the molecule is CCO[C-]=C(C(OCC)=[N+](C)C)/C(=C\c1ccccc1)c1ccccc1.[C-]#[O+].[C-]#[O+].[C-]#[O+].[C-]#[O+].[C-]#[O+].[W]. The van der Waals surface area contributed by atoms with E-state index < -0.39 is 0 Å². The van der Waals surface area contributed by atoms with Gasteiger partial charge >= 0.3 is 56.5 Å². The van der Waals surface area contributed by atoms with Gasteiger partial charge < -0.3 is 9.47 Å². The molecular formula is C28H27NO7W. The summed E-state index contributed by atoms with van der Waals surface area (Å²) in [6.07, 6.45) is 5.24. The minimum atomic E-state index is 0. The van der Waals surface area contributed by atoms with Crippen molar-refractivity contribution in [2.24, 2.45) is 0 Å². The van der Waals surface area contributed by atoms with Crippen LogP contribution in [0.5, 0.6) is 0 Å². The van der Waals surface area contributed by atoms with Crippen molar-refractivity contribution in [3.05, 3.63) is 117 Å². The normalized spacial score (nSPS) is 8.59. The zero-order valence-corrected chi connectivity index (χ0v) is 23.9. The molecule has 0 aromatic heterocycles. The Hall–Kier alpha value is -3.42. The largest absolute Gasteiger partial charge is 0 e. The quantitative estimate of drug-likeness (QED) is 0.0630. The van der Waals surface area contributed by atoms with E-state index in [1.54, 1.807) is 0 Å². The molecule has 2 aromatic rings. The van der Waals surface area contributed by atoms with E-state index in [4.69, 9.17) is 32.7 Å². The minimum Gasteiger partial charge on any atom is 0 e. The average molecular weight is 673 g/mol. The van der Waals surface area contributed by atoms with Crippen molar-refractivity contribution in [2.75, 3.05) is 27.3 Å². The Morgan fingerprint density at radius 1 is 0.757 bits per heavy atom. The molecule has 2 aromatic carbocycles. The zero-order valence-electron chi connectivity index (χ0n) is 21.0. The summed E-state index contributed by atoms with van der Waals surface area (Å²) in [4.78, 5) is 0. The van der Waals surface area contributed by atoms with Gasteiger partial charge in [0.2, 0.25) is 0 Å². The summed E-state index contributed by atoms with van der Waals surface area (Å²) in [5.41, 5.74) is 3.99. The van der Waals surface area contributed by atoms with E-state index in [9.17, 15) is 0 Å². The van der Waals surface area contributed by atoms with Gasteiger partial charge in [-0.3, -0.25) is 4.58 Å². The second kappa shape index (κ2) is 34.7. The molecule has 0 fully saturated rings. The van der Waals surface area contributed by atoms with Crippen LogP contribution in [-0.2, 0) is 53.8 Å². The Morgan fingerprint density at radius 2 is 1.19 bits per heavy atom. The standard InChI is InChI=1S/C23H27NO2.5CO.W/c1-5-25-18-22(23(24(3)4)26-6-2)21(20-15-11-8-12-16-20)17-19-13-9-7-10-14-19;5*1-2;/h7-17H,5-6H2,1-4H3;;;;;;/b21-17-;;;;;;. The van der Waals surface area contributed by atoms with Gasteiger partial charge in [0.1, 0.15) is 14.1 Å². The van der Waals surface area contributed by atoms with Crippen LogP contribution in [0.3, 0.4) is 0 Å². The third-order valence-corrected chi connectivity index (χ3v) is 3.68. The minimum absolute atomic E-state index is 0. The van der Waals surface area contributed by atoms with Gasteiger partial charge in [0.05, 0.1) is 13.2 Å². The first kappa shape index (κ1) is 43.6. The van der Waals surface area contributed by atoms with Crippen molar-refractivity contribution in [3.63, 3.8) is 0 Å². The first-order chi connectivity index (χ1) is 17.7. The Balaban J connectivity index is -0.000000277. The summed E-state index contributed by atoms with van der Waals surface area (Å²) in [5, 5.41) is 0. The first-order valence-electron chi connectivity index (χ1n) is 9.94. The topological polar surface area (TPSA) is 121 Å². The Labute approximate surface area is 233 Å². The molecule has 37 heavy (non-hydrogen) atoms. The third kappa shape index (κ3) is 19.4. The molecule has 9 heteroatoms. The molecule has 0 bridgehead atoms. The van der Waals surface area contributed by atoms with Gasteiger partial charge in [0.25, 0.3) is 5.90 Å². The number of nitrogens with zero attached hydrogens (tertiary/aromatic N) is 1. The summed E-state index contributed by atoms with van der Waals surface area (Å²) < 4.78 is 50.9. The molecule has 2 rings (SSSR count). The molecule has 192 valence electrons. The number of benzene rings is 2. The van der Waals surface area contributed by atoms with Crippen molar-refractivity contribution in [3.8, 4) is 0 Å². The van der Waals surface area contributed by atoms with E-state index in [2.05, 4.69) is 69.9 Å². The van der Waals surface area contributed by atoms with Crippen molar-refractivity contribution in [2.45, 2.75) is 13.8 Å². The van der Waals surface area contributed by atoms with Crippen molar-refractivity contribution in [1.29, 1.82) is 0 Å². The predicted molar refractivity (Wildman–Crippen MR) is 128 cm³/mol. The second-order valence-corrected chi connectivity index (χ2v) is 5.88. The Morgan fingerprint density at radius 3 is 1.57 bits per heavy atom. The monoisotopic (exact) mass is 673 g/mol. The maximum Gasteiger partial charge on any atom is 0 e. The summed E-state index contributed by atoms with van der Waals surface area (Å²) in [7, 11) is 3.92. The van der Waals surface area contributed by atoms with E-state index in [0.29, 0.717) is 13.2 Å². The van der Waals surface area contributed by atoms with E-state index >= 15 is 0 Å². The van der Waals surface area contributed by atoms with E-state index in [1.165, 1.54) is 0 Å². The summed E-state index contributed by atoms with van der Waals surface area (Å²) in [5.74, 6) is 0.729. The van der Waals surface area contributed by atoms with Crippen LogP contribution < -0.4 is 0 Å². The molecular weight excluding hydrogens is 646 g/mol. The van der Waals surface area contributed by atoms with Gasteiger partial charge in [0.15, 0.2) is 0 Å². The molecule has 0 saturated heterocycles. The smallest absolute Gasteiger partial charge is 0 e. The molecule has 0 aliphatic rings. The molecule has 8 nitrogen and oxygen atoms in total. The van der Waals surface area contributed by atoms with Gasteiger partial charge in [0, 0.05) is 27.3 Å². The molecule has 0 unspecified atom stereocenters. The maximum absolute atomic E-state index is 7.50. The molecule has 0 saturated carbocycles. The van der Waals surface area contributed by atoms with E-state index in [1.807, 2.05) is 68.9 Å². The van der Waals surface area contributed by atoms with E-state index in [-0.39, 0.29) is 21.1 Å². The number of rotatable bonds is 7. The molecule has 0 amide bonds. The zero-order chi connectivity index (χ0) is 28.8. The van der Waals surface area contributed by atoms with Gasteiger partial charge in [-0.15, -0.1) is 11.6 Å². The predicted octanol–water partition coefficient (Wildman–Crippen LogP) is 4.47. The van der Waals surface area contributed by atoms with Crippen LogP contribution >= 0.6 is 0 Å². The van der Waals surface area contributed by atoms with Crippen LogP contribution in [0.4, 0.5) is 0 Å². The van der Waals surface area contributed by atoms with Crippen LogP contribution in [0.25, 0.3) is 11.6 Å². The number of ether oxygens (including phenoxy) is 2. The fraction of sp³-hybridized carbons (Fsp3) is 0.214. The van der Waals surface area contributed by atoms with Gasteiger partial charge in [-0.05, 0) is 25.0 Å². The summed E-state index contributed by atoms with van der Waals surface area (Å²) in [6.45, 7) is 27.5. The third-order valence-electron chi connectivity index (χ3n) is 3.68. The number of hydrogen-bond donors (Lipinski definition) is 0. The molecule has 0 spiro atoms. The van der Waals surface area contributed by atoms with Gasteiger partial charge in [-0.1, -0.05) is 66.2 Å². The average Bonchev–Trinajstić information content (AvgIpc) is 2.98. The van der Waals surface area contributed by atoms with Gasteiger partial charge in [-0.2, -0.15) is 0 Å². The van der Waals surface area contributed by atoms with Crippen molar-refractivity contribution < 1.29 is 58.4 Å². The fourth-order valence-electron chi connectivity index (χ4n) is 2.55. The Kier molecular flexibility index (Phi) is 41.0. The maximum atomic E-state index is 7.50. The van der Waals surface area contributed by atoms with Crippen LogP contribution in [-0.4, -0.2) is 37.8 Å². The molecule has 0 radical (unpaired) electrons. The molecule has 0 N–H and O–H groups in total. The molecule has 0 aliphatic carbocycles. The van der Waals surface area contributed by atoms with E-state index in [0.717, 1.165) is 28.2 Å². The van der Waals surface area contributed by atoms with Gasteiger partial charge in [-0.25, -0.2) is 0 Å². The fourth-order valence-corrected chi connectivity index (χ4v) is 2.55. The molecule has 0 atom stereocenters. The number of hydrogen-bond acceptors (Lipinski definition) is 2. The van der Waals surface area contributed by atoms with Crippen LogP contribution in [0.2, 0.25) is 0 Å². The first-order valence-corrected chi connectivity index (χ1v) is 9.94. The Bertz CT molecular complexity index is 965.